The molecular formula is C32H34F2N8O2. The number of aliphatic hydroxyl groups is 1. The molecule has 1 saturated heterocycles. The highest BCUT2D eigenvalue weighted by atomic mass is 19.1. The molecule has 0 aliphatic carbocycles. The molecule has 3 heterocycles. The Bertz CT molecular complexity index is 1810. The van der Waals surface area contributed by atoms with Gasteiger partial charge in [0.15, 0.2) is 0 Å². The van der Waals surface area contributed by atoms with Crippen molar-refractivity contribution in [2.45, 2.75) is 39.0 Å². The van der Waals surface area contributed by atoms with Gasteiger partial charge in [-0.2, -0.15) is 10.2 Å². The van der Waals surface area contributed by atoms with Crippen molar-refractivity contribution in [2.24, 2.45) is 0 Å². The summed E-state index contributed by atoms with van der Waals surface area (Å²) in [6.07, 6.45) is 4.01. The molecule has 1 aliphatic heterocycles. The third-order valence-corrected chi connectivity index (χ3v) is 8.48. The van der Waals surface area contributed by atoms with Crippen LogP contribution < -0.4 is 15.5 Å². The Hall–Kier alpha value is -4.84. The van der Waals surface area contributed by atoms with Gasteiger partial charge >= 0.3 is 5.69 Å². The van der Waals surface area contributed by atoms with Crippen molar-refractivity contribution in [3.8, 4) is 5.69 Å². The molecule has 228 valence electrons. The van der Waals surface area contributed by atoms with E-state index in [1.54, 1.807) is 6.92 Å². The molecule has 0 saturated carbocycles. The molecular weight excluding hydrogens is 566 g/mol. The van der Waals surface area contributed by atoms with Crippen molar-refractivity contribution in [3.63, 3.8) is 0 Å². The highest BCUT2D eigenvalue weighted by Crippen LogP contribution is 2.36. The van der Waals surface area contributed by atoms with Gasteiger partial charge < -0.3 is 14.9 Å². The lowest BCUT2D eigenvalue weighted by molar-refractivity contribution is -0.0381. The number of rotatable bonds is 8. The SMILES string of the molecule is Cc1ccc(N2CCN(c3ccc(-n4cnn([C@@H](C)[C@@](O)(Cn5cncn5)c5ccc(F)cc5F)c4=O)cc3)CC2)c(C)c1. The molecule has 0 spiro atoms. The fourth-order valence-corrected chi connectivity index (χ4v) is 6.00. The second kappa shape index (κ2) is 11.7. The second-order valence-corrected chi connectivity index (χ2v) is 11.3. The quantitative estimate of drug-likeness (QED) is 0.288. The van der Waals surface area contributed by atoms with Crippen LogP contribution in [0.2, 0.25) is 0 Å². The van der Waals surface area contributed by atoms with E-state index >= 15 is 0 Å². The number of piperazine rings is 1. The van der Waals surface area contributed by atoms with E-state index in [1.165, 1.54) is 51.1 Å². The van der Waals surface area contributed by atoms with E-state index in [1.807, 2.05) is 24.3 Å². The van der Waals surface area contributed by atoms with Crippen LogP contribution in [-0.4, -0.2) is 60.4 Å². The summed E-state index contributed by atoms with van der Waals surface area (Å²) < 4.78 is 32.5. The topological polar surface area (TPSA) is 97.2 Å². The van der Waals surface area contributed by atoms with Crippen molar-refractivity contribution in [1.82, 2.24) is 29.1 Å². The first-order chi connectivity index (χ1) is 21.1. The van der Waals surface area contributed by atoms with Crippen molar-refractivity contribution in [1.29, 1.82) is 0 Å². The van der Waals surface area contributed by atoms with E-state index < -0.39 is 29.0 Å². The van der Waals surface area contributed by atoms with Gasteiger partial charge in [-0.15, -0.1) is 0 Å². The normalized spacial score (nSPS) is 15.8. The van der Waals surface area contributed by atoms with Gasteiger partial charge in [-0.05, 0) is 62.7 Å². The average molecular weight is 601 g/mol. The minimum absolute atomic E-state index is 0.190. The Balaban J connectivity index is 1.21. The first-order valence-corrected chi connectivity index (χ1v) is 14.5. The lowest BCUT2D eigenvalue weighted by atomic mass is 9.86. The van der Waals surface area contributed by atoms with Crippen LogP contribution in [0.3, 0.4) is 0 Å². The highest BCUT2D eigenvalue weighted by molar-refractivity contribution is 5.57. The van der Waals surface area contributed by atoms with Gasteiger partial charge in [-0.1, -0.05) is 23.8 Å². The molecule has 0 amide bonds. The maximum Gasteiger partial charge on any atom is 0.350 e. The molecule has 2 atom stereocenters. The Morgan fingerprint density at radius 1 is 0.886 bits per heavy atom. The average Bonchev–Trinajstić information content (AvgIpc) is 3.66. The van der Waals surface area contributed by atoms with Crippen LogP contribution in [0, 0.1) is 25.5 Å². The van der Waals surface area contributed by atoms with Gasteiger partial charge in [0.2, 0.25) is 0 Å². The lowest BCUT2D eigenvalue weighted by Crippen LogP contribution is -2.46. The van der Waals surface area contributed by atoms with Crippen LogP contribution in [0.15, 0.2) is 84.4 Å². The van der Waals surface area contributed by atoms with Crippen LogP contribution in [0.1, 0.15) is 29.7 Å². The standard InChI is InChI=1S/C32H34F2N8O2/c1-22-4-11-30(23(2)16-22)39-14-12-38(13-15-39)26-6-8-27(9-7-26)41-21-37-42(31(41)43)24(3)32(44,18-40-20-35-19-36-40)28-10-5-25(33)17-29(28)34/h4-11,16-17,19-21,24,44H,12-15,18H2,1-3H3/t24-,32-/m0/s1. The van der Waals surface area contributed by atoms with Gasteiger partial charge in [-0.3, -0.25) is 0 Å². The summed E-state index contributed by atoms with van der Waals surface area (Å²) >= 11 is 0. The predicted octanol–water partition coefficient (Wildman–Crippen LogP) is 4.00. The first kappa shape index (κ1) is 29.2. The van der Waals surface area contributed by atoms with Gasteiger partial charge in [0.25, 0.3) is 0 Å². The molecule has 12 heteroatoms. The van der Waals surface area contributed by atoms with E-state index in [-0.39, 0.29) is 12.1 Å². The van der Waals surface area contributed by atoms with Crippen LogP contribution >= 0.6 is 0 Å². The zero-order valence-corrected chi connectivity index (χ0v) is 24.8. The molecule has 1 fully saturated rings. The summed E-state index contributed by atoms with van der Waals surface area (Å²) in [6.45, 7) is 9.11. The van der Waals surface area contributed by atoms with Crippen molar-refractivity contribution >= 4 is 11.4 Å². The summed E-state index contributed by atoms with van der Waals surface area (Å²) in [5.74, 6) is -1.73. The summed E-state index contributed by atoms with van der Waals surface area (Å²) in [6, 6.07) is 16.1. The van der Waals surface area contributed by atoms with E-state index in [0.29, 0.717) is 11.8 Å². The summed E-state index contributed by atoms with van der Waals surface area (Å²) in [4.78, 5) is 22.2. The van der Waals surface area contributed by atoms with Crippen LogP contribution in [0.4, 0.5) is 20.2 Å². The highest BCUT2D eigenvalue weighted by Gasteiger charge is 2.42. The zero-order chi connectivity index (χ0) is 31.0. The van der Waals surface area contributed by atoms with Crippen LogP contribution in [0.25, 0.3) is 5.69 Å². The Morgan fingerprint density at radius 2 is 1.59 bits per heavy atom. The van der Waals surface area contributed by atoms with E-state index in [9.17, 15) is 18.7 Å². The molecule has 1 N–H and O–H groups in total. The fourth-order valence-electron chi connectivity index (χ4n) is 6.00. The summed E-state index contributed by atoms with van der Waals surface area (Å²) in [5, 5.41) is 20.2. The number of hydrogen-bond acceptors (Lipinski definition) is 7. The van der Waals surface area contributed by atoms with Crippen LogP contribution in [-0.2, 0) is 12.1 Å². The predicted molar refractivity (Wildman–Crippen MR) is 163 cm³/mol. The maximum absolute atomic E-state index is 15.0. The molecule has 10 nitrogen and oxygen atoms in total. The third-order valence-electron chi connectivity index (χ3n) is 8.48. The van der Waals surface area contributed by atoms with Gasteiger partial charge in [0.1, 0.15) is 36.2 Å². The molecule has 1 aliphatic rings. The Kier molecular flexibility index (Phi) is 7.76. The Morgan fingerprint density at radius 3 is 2.25 bits per heavy atom. The molecule has 3 aromatic carbocycles. The third kappa shape index (κ3) is 5.48. The minimum atomic E-state index is -2.02. The van der Waals surface area contributed by atoms with Gasteiger partial charge in [0.05, 0.1) is 18.3 Å². The number of aromatic nitrogens is 6. The number of anilines is 2. The van der Waals surface area contributed by atoms with Crippen molar-refractivity contribution < 1.29 is 13.9 Å². The smallest absolute Gasteiger partial charge is 0.350 e. The largest absolute Gasteiger partial charge is 0.381 e. The van der Waals surface area contributed by atoms with E-state index in [2.05, 4.69) is 57.0 Å². The van der Waals surface area contributed by atoms with Gasteiger partial charge in [-0.25, -0.2) is 32.5 Å². The van der Waals surface area contributed by atoms with Crippen molar-refractivity contribution in [3.05, 3.63) is 118 Å². The van der Waals surface area contributed by atoms with E-state index in [0.717, 1.165) is 42.6 Å². The minimum Gasteiger partial charge on any atom is -0.381 e. The Labute approximate surface area is 253 Å². The number of halogens is 2. The molecule has 0 bridgehead atoms. The number of nitrogens with zero attached hydrogens (tertiary/aromatic N) is 8. The first-order valence-electron chi connectivity index (χ1n) is 14.5. The lowest BCUT2D eigenvalue weighted by Gasteiger charge is -2.38. The molecule has 44 heavy (non-hydrogen) atoms. The number of benzene rings is 3. The summed E-state index contributed by atoms with van der Waals surface area (Å²) in [7, 11) is 0. The van der Waals surface area contributed by atoms with Gasteiger partial charge in [0, 0.05) is 49.2 Å². The van der Waals surface area contributed by atoms with E-state index in [4.69, 9.17) is 0 Å². The maximum atomic E-state index is 15.0. The van der Waals surface area contributed by atoms with Crippen LogP contribution in [0.5, 0.6) is 0 Å². The number of aryl methyl sites for hydroxylation is 2. The monoisotopic (exact) mass is 600 g/mol. The molecule has 0 radical (unpaired) electrons. The second-order valence-electron chi connectivity index (χ2n) is 11.3. The molecule has 5 aromatic rings. The number of hydrogen-bond donors (Lipinski definition) is 1. The van der Waals surface area contributed by atoms with Crippen molar-refractivity contribution in [2.75, 3.05) is 36.0 Å². The molecule has 0 unspecified atom stereocenters. The zero-order valence-electron chi connectivity index (χ0n) is 24.8. The summed E-state index contributed by atoms with van der Waals surface area (Å²) in [5.41, 5.74) is 2.73. The molecule has 6 rings (SSSR count). The fraction of sp³-hybridized carbons (Fsp3) is 0.312. The molecule has 2 aromatic heterocycles.